The number of hydrogen-bond acceptors (Lipinski definition) is 4. The zero-order valence-corrected chi connectivity index (χ0v) is 10.5. The van der Waals surface area contributed by atoms with E-state index in [1.54, 1.807) is 18.2 Å². The lowest BCUT2D eigenvalue weighted by molar-refractivity contribution is -0.117. The van der Waals surface area contributed by atoms with Gasteiger partial charge in [0.05, 0.1) is 23.6 Å². The second-order valence-corrected chi connectivity index (χ2v) is 4.55. The first-order valence-electron chi connectivity index (χ1n) is 5.27. The van der Waals surface area contributed by atoms with E-state index in [1.807, 2.05) is 6.07 Å². The third-order valence-electron chi connectivity index (χ3n) is 2.25. The summed E-state index contributed by atoms with van der Waals surface area (Å²) >= 11 is 1.31. The van der Waals surface area contributed by atoms with E-state index in [1.165, 1.54) is 24.9 Å². The number of amides is 2. The Bertz CT molecular complexity index is 514. The number of benzene rings is 1. The third kappa shape index (κ3) is 3.04. The molecule has 0 atom stereocenters. The zero-order valence-electron chi connectivity index (χ0n) is 9.73. The fourth-order valence-corrected chi connectivity index (χ4v) is 2.20. The molecule has 1 saturated heterocycles. The van der Waals surface area contributed by atoms with Crippen LogP contribution in [0, 0.1) is 0 Å². The monoisotopic (exact) mass is 264 g/mol. The summed E-state index contributed by atoms with van der Waals surface area (Å²) in [5.74, 6) is 0.557. The molecule has 94 valence electrons. The van der Waals surface area contributed by atoms with Crippen LogP contribution in [0.4, 0.5) is 5.69 Å². The molecule has 2 N–H and O–H groups in total. The average molecular weight is 264 g/mol. The Morgan fingerprint density at radius 1 is 1.50 bits per heavy atom. The summed E-state index contributed by atoms with van der Waals surface area (Å²) in [7, 11) is 1.54. The molecule has 1 aromatic rings. The molecule has 0 unspecified atom stereocenters. The van der Waals surface area contributed by atoms with Gasteiger partial charge in [0.2, 0.25) is 5.91 Å². The molecule has 6 heteroatoms. The van der Waals surface area contributed by atoms with Crippen molar-refractivity contribution in [1.29, 1.82) is 0 Å². The first kappa shape index (κ1) is 12.5. The maximum Gasteiger partial charge on any atom is 0.251 e. The van der Waals surface area contributed by atoms with Crippen molar-refractivity contribution in [2.75, 3.05) is 18.2 Å². The molecule has 0 spiro atoms. The SMILES string of the molecule is COc1ccccc1NC(=O)/C=C1\NC(=O)CS1. The molecule has 1 aromatic carbocycles. The number of carbonyl (C=O) groups is 2. The molecule has 1 heterocycles. The van der Waals surface area contributed by atoms with Crippen molar-refractivity contribution in [2.24, 2.45) is 0 Å². The Morgan fingerprint density at radius 2 is 2.28 bits per heavy atom. The van der Waals surface area contributed by atoms with Crippen LogP contribution in [-0.2, 0) is 9.59 Å². The summed E-state index contributed by atoms with van der Waals surface area (Å²) in [6.45, 7) is 0. The Balaban J connectivity index is 2.05. The number of ether oxygens (including phenoxy) is 1. The second kappa shape index (κ2) is 5.59. The zero-order chi connectivity index (χ0) is 13.0. The van der Waals surface area contributed by atoms with Crippen molar-refractivity contribution >= 4 is 29.3 Å². The van der Waals surface area contributed by atoms with Crippen LogP contribution in [0.1, 0.15) is 0 Å². The van der Waals surface area contributed by atoms with E-state index in [0.717, 1.165) is 0 Å². The van der Waals surface area contributed by atoms with Crippen molar-refractivity contribution < 1.29 is 14.3 Å². The van der Waals surface area contributed by atoms with Crippen LogP contribution in [0.3, 0.4) is 0 Å². The summed E-state index contributed by atoms with van der Waals surface area (Å²) in [5, 5.41) is 5.85. The maximum atomic E-state index is 11.7. The van der Waals surface area contributed by atoms with E-state index in [0.29, 0.717) is 22.2 Å². The van der Waals surface area contributed by atoms with Gasteiger partial charge in [0.15, 0.2) is 0 Å². The van der Waals surface area contributed by atoms with Gasteiger partial charge in [-0.1, -0.05) is 23.9 Å². The highest BCUT2D eigenvalue weighted by Crippen LogP contribution is 2.23. The van der Waals surface area contributed by atoms with Crippen LogP contribution in [0.2, 0.25) is 0 Å². The number of rotatable bonds is 3. The first-order valence-corrected chi connectivity index (χ1v) is 6.26. The lowest BCUT2D eigenvalue weighted by atomic mass is 10.3. The number of anilines is 1. The minimum absolute atomic E-state index is 0.0867. The van der Waals surface area contributed by atoms with Crippen molar-refractivity contribution in [3.05, 3.63) is 35.4 Å². The van der Waals surface area contributed by atoms with E-state index in [-0.39, 0.29) is 11.8 Å². The molecule has 0 bridgehead atoms. The molecule has 0 aromatic heterocycles. The van der Waals surface area contributed by atoms with Crippen LogP contribution in [0.25, 0.3) is 0 Å². The standard InChI is InChI=1S/C12H12N2O3S/c1-17-9-5-3-2-4-8(9)13-10(15)6-12-14-11(16)7-18-12/h2-6H,7H2,1H3,(H,13,15)(H,14,16)/b12-6+. The van der Waals surface area contributed by atoms with Gasteiger partial charge in [-0.3, -0.25) is 9.59 Å². The van der Waals surface area contributed by atoms with Crippen molar-refractivity contribution in [3.8, 4) is 5.75 Å². The Hall–Kier alpha value is -1.95. The molecule has 0 radical (unpaired) electrons. The van der Waals surface area contributed by atoms with Crippen LogP contribution >= 0.6 is 11.8 Å². The summed E-state index contributed by atoms with van der Waals surface area (Å²) in [6, 6.07) is 7.13. The molecule has 2 rings (SSSR count). The molecular weight excluding hydrogens is 252 g/mol. The summed E-state index contributed by atoms with van der Waals surface area (Å²) in [5.41, 5.74) is 0.594. The number of methoxy groups -OCH3 is 1. The van der Waals surface area contributed by atoms with Crippen molar-refractivity contribution in [1.82, 2.24) is 5.32 Å². The fraction of sp³-hybridized carbons (Fsp3) is 0.167. The smallest absolute Gasteiger partial charge is 0.251 e. The molecule has 0 saturated carbocycles. The highest BCUT2D eigenvalue weighted by atomic mass is 32.2. The summed E-state index contributed by atoms with van der Waals surface area (Å²) in [6.07, 6.45) is 1.36. The molecule has 0 aliphatic carbocycles. The van der Waals surface area contributed by atoms with E-state index in [9.17, 15) is 9.59 Å². The normalized spacial score (nSPS) is 16.5. The number of carbonyl (C=O) groups excluding carboxylic acids is 2. The van der Waals surface area contributed by atoms with Crippen molar-refractivity contribution in [3.63, 3.8) is 0 Å². The Labute approximate surface area is 109 Å². The molecule has 1 aliphatic heterocycles. The molecule has 5 nitrogen and oxygen atoms in total. The van der Waals surface area contributed by atoms with Gasteiger partial charge < -0.3 is 15.4 Å². The first-order chi connectivity index (χ1) is 8.69. The Morgan fingerprint density at radius 3 is 2.94 bits per heavy atom. The lowest BCUT2D eigenvalue weighted by Gasteiger charge is -2.08. The van der Waals surface area contributed by atoms with Gasteiger partial charge in [0, 0.05) is 6.08 Å². The lowest BCUT2D eigenvalue weighted by Crippen LogP contribution is -2.16. The summed E-state index contributed by atoms with van der Waals surface area (Å²) in [4.78, 5) is 22.7. The number of thioether (sulfide) groups is 1. The average Bonchev–Trinajstić information content (AvgIpc) is 2.75. The molecular formula is C12H12N2O3S. The van der Waals surface area contributed by atoms with Gasteiger partial charge in [0.1, 0.15) is 5.75 Å². The van der Waals surface area contributed by atoms with E-state index >= 15 is 0 Å². The van der Waals surface area contributed by atoms with E-state index < -0.39 is 0 Å². The highest BCUT2D eigenvalue weighted by Gasteiger charge is 2.16. The number of nitrogens with one attached hydrogen (secondary N) is 2. The molecule has 1 fully saturated rings. The van der Waals surface area contributed by atoms with E-state index in [2.05, 4.69) is 10.6 Å². The van der Waals surface area contributed by atoms with Crippen LogP contribution in [0.15, 0.2) is 35.4 Å². The molecule has 18 heavy (non-hydrogen) atoms. The second-order valence-electron chi connectivity index (χ2n) is 3.53. The van der Waals surface area contributed by atoms with Crippen LogP contribution in [0.5, 0.6) is 5.75 Å². The minimum atomic E-state index is -0.302. The predicted molar refractivity (Wildman–Crippen MR) is 70.3 cm³/mol. The number of para-hydroxylation sites is 2. The van der Waals surface area contributed by atoms with Crippen molar-refractivity contribution in [2.45, 2.75) is 0 Å². The van der Waals surface area contributed by atoms with E-state index in [4.69, 9.17) is 4.74 Å². The Kier molecular flexibility index (Phi) is 3.88. The highest BCUT2D eigenvalue weighted by molar-refractivity contribution is 8.04. The fourth-order valence-electron chi connectivity index (χ4n) is 1.47. The number of hydrogen-bond donors (Lipinski definition) is 2. The van der Waals surface area contributed by atoms with Gasteiger partial charge >= 0.3 is 0 Å². The predicted octanol–water partition coefficient (Wildman–Crippen LogP) is 1.34. The van der Waals surface area contributed by atoms with Gasteiger partial charge in [-0.05, 0) is 12.1 Å². The largest absolute Gasteiger partial charge is 0.495 e. The van der Waals surface area contributed by atoms with Gasteiger partial charge in [-0.25, -0.2) is 0 Å². The van der Waals surface area contributed by atoms with Gasteiger partial charge in [-0.15, -0.1) is 0 Å². The molecule has 2 amide bonds. The van der Waals surface area contributed by atoms with Crippen LogP contribution < -0.4 is 15.4 Å². The van der Waals surface area contributed by atoms with Gasteiger partial charge in [0.25, 0.3) is 5.91 Å². The molecule has 1 aliphatic rings. The maximum absolute atomic E-state index is 11.7. The minimum Gasteiger partial charge on any atom is -0.495 e. The van der Waals surface area contributed by atoms with Crippen LogP contribution in [-0.4, -0.2) is 24.7 Å². The summed E-state index contributed by atoms with van der Waals surface area (Å²) < 4.78 is 5.12. The quantitative estimate of drug-likeness (QED) is 0.808. The topological polar surface area (TPSA) is 67.4 Å². The van der Waals surface area contributed by atoms with Gasteiger partial charge in [-0.2, -0.15) is 0 Å². The third-order valence-corrected chi connectivity index (χ3v) is 3.19.